The van der Waals surface area contributed by atoms with Gasteiger partial charge in [0.25, 0.3) is 0 Å². The molecule has 0 radical (unpaired) electrons. The number of carbonyl (C=O) groups is 1. The molecule has 1 aliphatic rings. The lowest BCUT2D eigenvalue weighted by molar-refractivity contribution is -0.107. The smallest absolute Gasteiger partial charge is 0.207 e. The summed E-state index contributed by atoms with van der Waals surface area (Å²) in [7, 11) is 6.64. The Morgan fingerprint density at radius 3 is 1.72 bits per heavy atom. The van der Waals surface area contributed by atoms with Gasteiger partial charge in [0, 0.05) is 23.0 Å². The first-order valence-corrected chi connectivity index (χ1v) is 11.5. The summed E-state index contributed by atoms with van der Waals surface area (Å²) in [6.45, 7) is 0. The van der Waals surface area contributed by atoms with E-state index >= 15 is 0 Å². The van der Waals surface area contributed by atoms with Crippen LogP contribution in [0, 0.1) is 0 Å². The summed E-state index contributed by atoms with van der Waals surface area (Å²) in [6.07, 6.45) is 10.1. The zero-order valence-electron chi connectivity index (χ0n) is 19.9. The maximum Gasteiger partial charge on any atom is 0.207 e. The minimum Gasteiger partial charge on any atom is -0.492 e. The van der Waals surface area contributed by atoms with Crippen LogP contribution < -0.4 is 18.9 Å². The Morgan fingerprint density at radius 2 is 1.22 bits per heavy atom. The Morgan fingerprint density at radius 1 is 0.719 bits per heavy atom. The number of methoxy groups -OCH3 is 4. The molecule has 0 aliphatic heterocycles. The van der Waals surface area contributed by atoms with Gasteiger partial charge in [-0.1, -0.05) is 56.0 Å². The molecule has 174 valence electrons. The second-order valence-electron chi connectivity index (χ2n) is 8.56. The van der Waals surface area contributed by atoms with Crippen LogP contribution in [0.4, 0.5) is 0 Å². The third-order valence-corrected chi connectivity index (χ3v) is 6.74. The van der Waals surface area contributed by atoms with Gasteiger partial charge in [-0.3, -0.25) is 0 Å². The van der Waals surface area contributed by atoms with Crippen LogP contribution in [0.25, 0.3) is 0 Å². The number of fused-ring (bicyclic) bond motifs is 1. The Hall–Kier alpha value is -2.69. The first-order chi connectivity index (χ1) is 15.7. The zero-order chi connectivity index (χ0) is 23.0. The Kier molecular flexibility index (Phi) is 8.43. The molecule has 0 saturated carbocycles. The number of aldehydes is 1. The summed E-state index contributed by atoms with van der Waals surface area (Å²) < 4.78 is 23.1. The van der Waals surface area contributed by atoms with Crippen molar-refractivity contribution < 1.29 is 23.7 Å². The highest BCUT2D eigenvalue weighted by Crippen LogP contribution is 2.57. The topological polar surface area (TPSA) is 54.0 Å². The first-order valence-electron chi connectivity index (χ1n) is 11.5. The number of hydrogen-bond acceptors (Lipinski definition) is 5. The Labute approximate surface area is 192 Å². The molecule has 3 rings (SSSR count). The molecule has 32 heavy (non-hydrogen) atoms. The van der Waals surface area contributed by atoms with Gasteiger partial charge in [0.15, 0.2) is 11.5 Å². The van der Waals surface area contributed by atoms with E-state index in [9.17, 15) is 4.79 Å². The number of carbonyl (C=O) groups excluding carboxylic acids is 1. The highest BCUT2D eigenvalue weighted by atomic mass is 16.5. The molecule has 0 fully saturated rings. The van der Waals surface area contributed by atoms with E-state index in [0.717, 1.165) is 67.4 Å². The zero-order valence-corrected chi connectivity index (χ0v) is 19.9. The maximum absolute atomic E-state index is 10.5. The highest BCUT2D eigenvalue weighted by molar-refractivity contribution is 5.69. The second kappa shape index (κ2) is 11.3. The van der Waals surface area contributed by atoms with E-state index in [0.29, 0.717) is 17.9 Å². The van der Waals surface area contributed by atoms with Crippen molar-refractivity contribution in [3.8, 4) is 23.0 Å². The molecule has 0 atom stereocenters. The fourth-order valence-electron chi connectivity index (χ4n) is 5.21. The van der Waals surface area contributed by atoms with Crippen LogP contribution >= 0.6 is 0 Å². The Bertz CT molecular complexity index is 850. The summed E-state index contributed by atoms with van der Waals surface area (Å²) in [5.41, 5.74) is 3.62. The summed E-state index contributed by atoms with van der Waals surface area (Å²) in [4.78, 5) is 10.5. The number of rotatable bonds is 13. The minimum absolute atomic E-state index is 0.0235. The standard InChI is InChI=1S/C27H36O5/c1-29-23-21-18-27(20-14-10-9-11-15-20,16-12-7-5-6-8-13-17-28)19-22(21)24(30-2)26(32-4)25(23)31-3/h9-11,14-15,17H,5-8,12-13,16,18-19H2,1-4H3. The summed E-state index contributed by atoms with van der Waals surface area (Å²) in [5, 5.41) is 0. The molecule has 0 aromatic heterocycles. The second-order valence-corrected chi connectivity index (χ2v) is 8.56. The molecule has 2 aromatic carbocycles. The lowest BCUT2D eigenvalue weighted by Gasteiger charge is -2.30. The monoisotopic (exact) mass is 440 g/mol. The lowest BCUT2D eigenvalue weighted by Crippen LogP contribution is -2.27. The largest absolute Gasteiger partial charge is 0.492 e. The number of hydrogen-bond donors (Lipinski definition) is 0. The van der Waals surface area contributed by atoms with Crippen LogP contribution in [0.2, 0.25) is 0 Å². The highest BCUT2D eigenvalue weighted by Gasteiger charge is 2.43. The molecule has 5 heteroatoms. The van der Waals surface area contributed by atoms with Crippen LogP contribution in [0.5, 0.6) is 23.0 Å². The Balaban J connectivity index is 1.94. The first kappa shape index (κ1) is 24.0. The van der Waals surface area contributed by atoms with E-state index < -0.39 is 0 Å². The third-order valence-electron chi connectivity index (χ3n) is 6.74. The van der Waals surface area contributed by atoms with Crippen LogP contribution in [-0.2, 0) is 23.1 Å². The van der Waals surface area contributed by atoms with E-state index in [1.54, 1.807) is 28.4 Å². The molecule has 0 amide bonds. The normalized spacial score (nSPS) is 14.0. The van der Waals surface area contributed by atoms with E-state index in [4.69, 9.17) is 18.9 Å². The van der Waals surface area contributed by atoms with E-state index in [-0.39, 0.29) is 5.41 Å². The molecule has 0 N–H and O–H groups in total. The summed E-state index contributed by atoms with van der Waals surface area (Å²) >= 11 is 0. The van der Waals surface area contributed by atoms with Crippen LogP contribution in [0.3, 0.4) is 0 Å². The van der Waals surface area contributed by atoms with Gasteiger partial charge in [0.1, 0.15) is 6.29 Å². The van der Waals surface area contributed by atoms with E-state index in [1.807, 2.05) is 0 Å². The van der Waals surface area contributed by atoms with Crippen molar-refractivity contribution in [1.29, 1.82) is 0 Å². The van der Waals surface area contributed by atoms with Gasteiger partial charge in [-0.25, -0.2) is 0 Å². The molecule has 2 aromatic rings. The summed E-state index contributed by atoms with van der Waals surface area (Å²) in [6, 6.07) is 10.8. The van der Waals surface area contributed by atoms with E-state index in [1.165, 1.54) is 18.4 Å². The molecule has 0 spiro atoms. The molecule has 0 unspecified atom stereocenters. The van der Waals surface area contributed by atoms with Crippen molar-refractivity contribution in [2.45, 2.75) is 63.2 Å². The molecule has 0 heterocycles. The molecule has 5 nitrogen and oxygen atoms in total. The molecular weight excluding hydrogens is 404 g/mol. The predicted octanol–water partition coefficient (Wildman–Crippen LogP) is 5.69. The molecular formula is C27H36O5. The van der Waals surface area contributed by atoms with Gasteiger partial charge in [0.05, 0.1) is 28.4 Å². The molecule has 1 aliphatic carbocycles. The van der Waals surface area contributed by atoms with Crippen molar-refractivity contribution in [2.24, 2.45) is 0 Å². The molecule has 0 bridgehead atoms. The quantitative estimate of drug-likeness (QED) is 0.296. The average molecular weight is 441 g/mol. The van der Waals surface area contributed by atoms with Crippen molar-refractivity contribution in [3.05, 3.63) is 47.0 Å². The van der Waals surface area contributed by atoms with Gasteiger partial charge >= 0.3 is 0 Å². The van der Waals surface area contributed by atoms with Crippen molar-refractivity contribution in [2.75, 3.05) is 28.4 Å². The van der Waals surface area contributed by atoms with Gasteiger partial charge < -0.3 is 23.7 Å². The van der Waals surface area contributed by atoms with Gasteiger partial charge in [-0.2, -0.15) is 0 Å². The van der Waals surface area contributed by atoms with Crippen molar-refractivity contribution >= 4 is 6.29 Å². The van der Waals surface area contributed by atoms with Gasteiger partial charge in [0.2, 0.25) is 11.5 Å². The van der Waals surface area contributed by atoms with E-state index in [2.05, 4.69) is 30.3 Å². The fourth-order valence-corrected chi connectivity index (χ4v) is 5.21. The lowest BCUT2D eigenvalue weighted by atomic mass is 9.74. The summed E-state index contributed by atoms with van der Waals surface area (Å²) in [5.74, 6) is 2.66. The number of ether oxygens (including phenoxy) is 4. The molecule has 0 saturated heterocycles. The third kappa shape index (κ3) is 4.72. The van der Waals surface area contributed by atoms with Crippen molar-refractivity contribution in [1.82, 2.24) is 0 Å². The average Bonchev–Trinajstić information content (AvgIpc) is 3.22. The minimum atomic E-state index is -0.0235. The van der Waals surface area contributed by atoms with Crippen LogP contribution in [-0.4, -0.2) is 34.7 Å². The van der Waals surface area contributed by atoms with Gasteiger partial charge in [-0.05, 0) is 31.2 Å². The SMILES string of the molecule is COc1c2c(c(OC)c(OC)c1OC)CC(CCCCCCCC=O)(c1ccccc1)C2. The predicted molar refractivity (Wildman–Crippen MR) is 127 cm³/mol. The van der Waals surface area contributed by atoms with Crippen LogP contribution in [0.15, 0.2) is 30.3 Å². The number of benzene rings is 2. The van der Waals surface area contributed by atoms with Crippen molar-refractivity contribution in [3.63, 3.8) is 0 Å². The fraction of sp³-hybridized carbons (Fsp3) is 0.519. The number of unbranched alkanes of at least 4 members (excludes halogenated alkanes) is 5. The van der Waals surface area contributed by atoms with Crippen LogP contribution in [0.1, 0.15) is 61.6 Å². The van der Waals surface area contributed by atoms with Gasteiger partial charge in [-0.15, -0.1) is 0 Å². The maximum atomic E-state index is 10.5.